The molecule has 0 spiro atoms. The smallest absolute Gasteiger partial charge is 0.276 e. The van der Waals surface area contributed by atoms with Crippen LogP contribution in [-0.4, -0.2) is 71.5 Å². The van der Waals surface area contributed by atoms with E-state index < -0.39 is 0 Å². The number of morpholine rings is 1. The Morgan fingerprint density at radius 2 is 1.55 bits per heavy atom. The Hall–Kier alpha value is -4.14. The van der Waals surface area contributed by atoms with Gasteiger partial charge in [-0.15, -0.1) is 0 Å². The van der Waals surface area contributed by atoms with Gasteiger partial charge in [-0.2, -0.15) is 0 Å². The van der Waals surface area contributed by atoms with Gasteiger partial charge in [0.1, 0.15) is 11.5 Å². The zero-order valence-corrected chi connectivity index (χ0v) is 21.8. The average molecular weight is 514 g/mol. The summed E-state index contributed by atoms with van der Waals surface area (Å²) in [7, 11) is 3.30. The molecule has 2 heterocycles. The molecule has 4 aromatic rings. The van der Waals surface area contributed by atoms with E-state index >= 15 is 0 Å². The summed E-state index contributed by atoms with van der Waals surface area (Å²) < 4.78 is 11.2. The lowest BCUT2D eigenvalue weighted by atomic mass is 9.94. The lowest BCUT2D eigenvalue weighted by Crippen LogP contribution is -2.35. The van der Waals surface area contributed by atoms with E-state index in [-0.39, 0.29) is 28.9 Å². The number of amides is 1. The maximum atomic E-state index is 13.1. The molecule has 0 unspecified atom stereocenters. The van der Waals surface area contributed by atoms with Crippen LogP contribution in [0.3, 0.4) is 0 Å². The van der Waals surface area contributed by atoms with Crippen LogP contribution in [0.5, 0.6) is 11.5 Å². The van der Waals surface area contributed by atoms with E-state index in [1.165, 1.54) is 11.0 Å². The van der Waals surface area contributed by atoms with Gasteiger partial charge in [0.2, 0.25) is 0 Å². The molecular formula is C30H31N3O5. The number of carbonyl (C=O) groups is 1. The lowest BCUT2D eigenvalue weighted by Gasteiger charge is -2.26. The van der Waals surface area contributed by atoms with Crippen molar-refractivity contribution in [3.8, 4) is 45.1 Å². The Morgan fingerprint density at radius 1 is 0.921 bits per heavy atom. The van der Waals surface area contributed by atoms with Gasteiger partial charge in [-0.05, 0) is 29.7 Å². The molecule has 1 saturated heterocycles. The summed E-state index contributed by atoms with van der Waals surface area (Å²) in [5, 5.41) is 25.6. The van der Waals surface area contributed by atoms with Gasteiger partial charge in [0.25, 0.3) is 5.91 Å². The van der Waals surface area contributed by atoms with Crippen LogP contribution in [0.2, 0.25) is 0 Å². The minimum Gasteiger partial charge on any atom is -0.507 e. The summed E-state index contributed by atoms with van der Waals surface area (Å²) in [4.78, 5) is 16.8. The van der Waals surface area contributed by atoms with Crippen molar-refractivity contribution >= 4 is 5.91 Å². The number of benzene rings is 3. The Bertz CT molecular complexity index is 1440. The van der Waals surface area contributed by atoms with Crippen LogP contribution in [0.25, 0.3) is 33.6 Å². The molecule has 0 saturated carbocycles. The monoisotopic (exact) mass is 513 g/mol. The summed E-state index contributed by atoms with van der Waals surface area (Å²) >= 11 is 0. The number of rotatable bonds is 6. The Morgan fingerprint density at radius 3 is 2.21 bits per heavy atom. The van der Waals surface area contributed by atoms with E-state index in [4.69, 9.17) is 9.26 Å². The van der Waals surface area contributed by atoms with E-state index in [0.717, 1.165) is 55.1 Å². The molecule has 2 N–H and O–H groups in total. The van der Waals surface area contributed by atoms with Gasteiger partial charge in [0.05, 0.1) is 24.3 Å². The van der Waals surface area contributed by atoms with Crippen LogP contribution in [-0.2, 0) is 11.3 Å². The number of hydrogen-bond donors (Lipinski definition) is 2. The maximum absolute atomic E-state index is 13.1. The molecule has 1 aliphatic rings. The molecule has 1 aromatic heterocycles. The maximum Gasteiger partial charge on any atom is 0.276 e. The van der Waals surface area contributed by atoms with Gasteiger partial charge in [-0.25, -0.2) is 0 Å². The predicted molar refractivity (Wildman–Crippen MR) is 145 cm³/mol. The van der Waals surface area contributed by atoms with Crippen molar-refractivity contribution in [3.63, 3.8) is 0 Å². The SMILES string of the molecule is Cc1ccc(-c2cc(-c3onc(C(=O)N(C)C)c3-c3ccc(CN4CCOCC4)cc3)c(O)cc2O)cc1. The van der Waals surface area contributed by atoms with Gasteiger partial charge < -0.3 is 24.4 Å². The van der Waals surface area contributed by atoms with E-state index in [9.17, 15) is 15.0 Å². The highest BCUT2D eigenvalue weighted by molar-refractivity contribution is 6.02. The third-order valence-electron chi connectivity index (χ3n) is 6.77. The first-order chi connectivity index (χ1) is 18.3. The van der Waals surface area contributed by atoms with Crippen LogP contribution in [0, 0.1) is 6.92 Å². The molecule has 1 aliphatic heterocycles. The Balaban J connectivity index is 1.59. The van der Waals surface area contributed by atoms with Crippen molar-refractivity contribution in [2.45, 2.75) is 13.5 Å². The van der Waals surface area contributed by atoms with Crippen LogP contribution >= 0.6 is 0 Å². The molecule has 3 aromatic carbocycles. The van der Waals surface area contributed by atoms with Gasteiger partial charge in [-0.3, -0.25) is 9.69 Å². The molecule has 196 valence electrons. The van der Waals surface area contributed by atoms with Crippen LogP contribution in [0.4, 0.5) is 0 Å². The second-order valence-corrected chi connectivity index (χ2v) is 9.77. The molecule has 0 atom stereocenters. The molecule has 8 heteroatoms. The summed E-state index contributed by atoms with van der Waals surface area (Å²) in [5.74, 6) is -0.303. The van der Waals surface area contributed by atoms with Crippen molar-refractivity contribution < 1.29 is 24.3 Å². The molecule has 1 fully saturated rings. The molecule has 1 amide bonds. The van der Waals surface area contributed by atoms with Crippen LogP contribution in [0.1, 0.15) is 21.6 Å². The Labute approximate surface area is 221 Å². The van der Waals surface area contributed by atoms with Crippen molar-refractivity contribution in [1.82, 2.24) is 15.0 Å². The fourth-order valence-electron chi connectivity index (χ4n) is 4.62. The number of phenolic OH excluding ortho intramolecular Hbond substituents is 2. The standard InChI is InChI=1S/C30H31N3O5/c1-19-4-8-21(9-5-19)23-16-24(26(35)17-25(23)34)29-27(28(31-38-29)30(36)32(2)3)22-10-6-20(7-11-22)18-33-12-14-37-15-13-33/h4-11,16-17,34-35H,12-15,18H2,1-3H3. The van der Waals surface area contributed by atoms with Crippen molar-refractivity contribution in [3.05, 3.63) is 77.5 Å². The molecule has 8 nitrogen and oxygen atoms in total. The first-order valence-electron chi connectivity index (χ1n) is 12.6. The number of phenols is 2. The van der Waals surface area contributed by atoms with E-state index in [1.54, 1.807) is 20.2 Å². The van der Waals surface area contributed by atoms with Crippen molar-refractivity contribution in [2.75, 3.05) is 40.4 Å². The van der Waals surface area contributed by atoms with Crippen LogP contribution < -0.4 is 0 Å². The number of nitrogens with zero attached hydrogens (tertiary/aromatic N) is 3. The van der Waals surface area contributed by atoms with Gasteiger partial charge >= 0.3 is 0 Å². The predicted octanol–water partition coefficient (Wildman–Crippen LogP) is 4.93. The van der Waals surface area contributed by atoms with E-state index in [1.807, 2.05) is 55.5 Å². The third kappa shape index (κ3) is 5.14. The quantitative estimate of drug-likeness (QED) is 0.377. The van der Waals surface area contributed by atoms with Crippen molar-refractivity contribution in [1.29, 1.82) is 0 Å². The number of aryl methyl sites for hydroxylation is 1. The third-order valence-corrected chi connectivity index (χ3v) is 6.77. The highest BCUT2D eigenvalue weighted by Crippen LogP contribution is 2.44. The lowest BCUT2D eigenvalue weighted by molar-refractivity contribution is 0.0342. The Kier molecular flexibility index (Phi) is 7.18. The molecule has 5 rings (SSSR count). The van der Waals surface area contributed by atoms with Gasteiger partial charge in [-0.1, -0.05) is 59.3 Å². The zero-order valence-electron chi connectivity index (χ0n) is 21.8. The van der Waals surface area contributed by atoms with Crippen LogP contribution in [0.15, 0.2) is 65.2 Å². The second-order valence-electron chi connectivity index (χ2n) is 9.77. The minimum atomic E-state index is -0.315. The number of aromatic nitrogens is 1. The molecule has 38 heavy (non-hydrogen) atoms. The molecule has 0 bridgehead atoms. The second kappa shape index (κ2) is 10.7. The highest BCUT2D eigenvalue weighted by Gasteiger charge is 2.28. The number of ether oxygens (including phenoxy) is 1. The molecule has 0 radical (unpaired) electrons. The van der Waals surface area contributed by atoms with Gasteiger partial charge in [0.15, 0.2) is 11.5 Å². The largest absolute Gasteiger partial charge is 0.507 e. The van der Waals surface area contributed by atoms with Crippen molar-refractivity contribution in [2.24, 2.45) is 0 Å². The fourth-order valence-corrected chi connectivity index (χ4v) is 4.62. The first-order valence-corrected chi connectivity index (χ1v) is 12.6. The molecule has 0 aliphatic carbocycles. The summed E-state index contributed by atoms with van der Waals surface area (Å²) in [5.41, 5.74) is 5.25. The normalized spacial score (nSPS) is 14.0. The number of carbonyl (C=O) groups excluding carboxylic acids is 1. The summed E-state index contributed by atoms with van der Waals surface area (Å²) in [6, 6.07) is 18.6. The highest BCUT2D eigenvalue weighted by atomic mass is 16.5. The van der Waals surface area contributed by atoms with Gasteiger partial charge in [0, 0.05) is 45.4 Å². The number of hydrogen-bond acceptors (Lipinski definition) is 7. The number of aromatic hydroxyl groups is 2. The summed E-state index contributed by atoms with van der Waals surface area (Å²) in [6.45, 7) is 6.05. The average Bonchev–Trinajstić information content (AvgIpc) is 3.35. The zero-order chi connectivity index (χ0) is 26.8. The topological polar surface area (TPSA) is 99.3 Å². The van der Waals surface area contributed by atoms with E-state index in [2.05, 4.69) is 10.1 Å². The minimum absolute atomic E-state index is 0.0618. The van der Waals surface area contributed by atoms with E-state index in [0.29, 0.717) is 16.7 Å². The first kappa shape index (κ1) is 25.5. The molecular weight excluding hydrogens is 482 g/mol. The summed E-state index contributed by atoms with van der Waals surface area (Å²) in [6.07, 6.45) is 0. The fraction of sp³-hybridized carbons (Fsp3) is 0.267.